The fourth-order valence-corrected chi connectivity index (χ4v) is 2.07. The molecule has 21 heavy (non-hydrogen) atoms. The van der Waals surface area contributed by atoms with Gasteiger partial charge in [-0.25, -0.2) is 0 Å². The summed E-state index contributed by atoms with van der Waals surface area (Å²) in [7, 11) is 0. The van der Waals surface area contributed by atoms with Crippen molar-refractivity contribution in [2.75, 3.05) is 6.54 Å². The first-order valence-corrected chi connectivity index (χ1v) is 6.62. The molecule has 1 unspecified atom stereocenters. The van der Waals surface area contributed by atoms with Gasteiger partial charge in [-0.1, -0.05) is 12.1 Å². The Bertz CT molecular complexity index is 593. The lowest BCUT2D eigenvalue weighted by Crippen LogP contribution is -2.25. The third kappa shape index (κ3) is 4.09. The lowest BCUT2D eigenvalue weighted by atomic mass is 10.1. The minimum atomic E-state index is -4.37. The molecule has 2 aromatic rings. The van der Waals surface area contributed by atoms with Gasteiger partial charge in [0.1, 0.15) is 11.5 Å². The Morgan fingerprint density at radius 2 is 1.90 bits per heavy atom. The van der Waals surface area contributed by atoms with Gasteiger partial charge in [-0.2, -0.15) is 13.2 Å². The van der Waals surface area contributed by atoms with E-state index in [1.165, 1.54) is 6.07 Å². The van der Waals surface area contributed by atoms with Crippen molar-refractivity contribution in [2.24, 2.45) is 11.5 Å². The molecular weight excluding hydrogens is 281 g/mol. The molecule has 2 rings (SSSR count). The summed E-state index contributed by atoms with van der Waals surface area (Å²) in [5.74, 6) is 1.04. The summed E-state index contributed by atoms with van der Waals surface area (Å²) in [6, 6.07) is 8.31. The molecule has 0 saturated heterocycles. The van der Waals surface area contributed by atoms with Crippen molar-refractivity contribution in [1.29, 1.82) is 0 Å². The Labute approximate surface area is 120 Å². The van der Waals surface area contributed by atoms with Gasteiger partial charge < -0.3 is 15.9 Å². The van der Waals surface area contributed by atoms with Crippen LogP contribution in [0.5, 0.6) is 0 Å². The van der Waals surface area contributed by atoms with Crippen molar-refractivity contribution < 1.29 is 17.6 Å². The van der Waals surface area contributed by atoms with Crippen LogP contribution in [0.4, 0.5) is 13.2 Å². The molecule has 0 amide bonds. The lowest BCUT2D eigenvalue weighted by molar-refractivity contribution is -0.137. The number of halogens is 3. The predicted octanol–water partition coefficient (Wildman–Crippen LogP) is 3.18. The molecule has 6 heteroatoms. The van der Waals surface area contributed by atoms with Crippen LogP contribution in [0.25, 0.3) is 11.3 Å². The van der Waals surface area contributed by atoms with Crippen molar-refractivity contribution in [3.63, 3.8) is 0 Å². The zero-order valence-electron chi connectivity index (χ0n) is 11.4. The van der Waals surface area contributed by atoms with Crippen LogP contribution in [0.2, 0.25) is 0 Å². The van der Waals surface area contributed by atoms with Gasteiger partial charge >= 0.3 is 6.18 Å². The van der Waals surface area contributed by atoms with Crippen molar-refractivity contribution >= 4 is 0 Å². The largest absolute Gasteiger partial charge is 0.461 e. The van der Waals surface area contributed by atoms with Gasteiger partial charge in [0.2, 0.25) is 0 Å². The normalized spacial score (nSPS) is 13.4. The maximum atomic E-state index is 12.7. The topological polar surface area (TPSA) is 65.2 Å². The first kappa shape index (κ1) is 15.6. The second-order valence-corrected chi connectivity index (χ2v) is 4.89. The average Bonchev–Trinajstić information content (AvgIpc) is 2.86. The molecule has 0 radical (unpaired) electrons. The Balaban J connectivity index is 2.18. The number of benzene rings is 1. The molecule has 0 aliphatic heterocycles. The Morgan fingerprint density at radius 1 is 1.14 bits per heavy atom. The quantitative estimate of drug-likeness (QED) is 0.891. The molecule has 0 aliphatic rings. The number of hydrogen-bond donors (Lipinski definition) is 2. The highest BCUT2D eigenvalue weighted by atomic mass is 19.4. The second-order valence-electron chi connectivity index (χ2n) is 4.89. The highest BCUT2D eigenvalue weighted by Crippen LogP contribution is 2.32. The fourth-order valence-electron chi connectivity index (χ4n) is 2.07. The van der Waals surface area contributed by atoms with Gasteiger partial charge in [0.15, 0.2) is 0 Å². The molecular formula is C15H17F3N2O. The van der Waals surface area contributed by atoms with E-state index in [-0.39, 0.29) is 6.04 Å². The van der Waals surface area contributed by atoms with E-state index in [2.05, 4.69) is 0 Å². The van der Waals surface area contributed by atoms with E-state index in [1.54, 1.807) is 18.2 Å². The number of furan rings is 1. The number of hydrogen-bond acceptors (Lipinski definition) is 3. The number of alkyl halides is 3. The highest BCUT2D eigenvalue weighted by Gasteiger charge is 2.30. The first-order chi connectivity index (χ1) is 9.90. The van der Waals surface area contributed by atoms with Gasteiger partial charge in [-0.3, -0.25) is 0 Å². The fraction of sp³-hybridized carbons (Fsp3) is 0.333. The van der Waals surface area contributed by atoms with E-state index < -0.39 is 11.7 Å². The average molecular weight is 298 g/mol. The van der Waals surface area contributed by atoms with E-state index >= 15 is 0 Å². The van der Waals surface area contributed by atoms with Gasteiger partial charge in [-0.15, -0.1) is 0 Å². The van der Waals surface area contributed by atoms with Crippen molar-refractivity contribution in [3.05, 3.63) is 47.7 Å². The van der Waals surface area contributed by atoms with E-state index in [0.717, 1.165) is 12.1 Å². The number of rotatable bonds is 5. The molecule has 4 N–H and O–H groups in total. The maximum Gasteiger partial charge on any atom is 0.416 e. The third-order valence-electron chi connectivity index (χ3n) is 3.14. The highest BCUT2D eigenvalue weighted by molar-refractivity contribution is 5.58. The second kappa shape index (κ2) is 6.32. The molecule has 0 fully saturated rings. The van der Waals surface area contributed by atoms with Crippen LogP contribution in [-0.2, 0) is 12.6 Å². The summed E-state index contributed by atoms with van der Waals surface area (Å²) < 4.78 is 43.6. The minimum absolute atomic E-state index is 0.115. The van der Waals surface area contributed by atoms with E-state index in [0.29, 0.717) is 36.5 Å². The maximum absolute atomic E-state index is 12.7. The van der Waals surface area contributed by atoms with Gasteiger partial charge in [0.25, 0.3) is 0 Å². The molecule has 3 nitrogen and oxygen atoms in total. The Hall–Kier alpha value is -1.79. The third-order valence-corrected chi connectivity index (χ3v) is 3.14. The van der Waals surface area contributed by atoms with Crippen molar-refractivity contribution in [2.45, 2.75) is 25.1 Å². The van der Waals surface area contributed by atoms with E-state index in [1.807, 2.05) is 0 Å². The molecule has 0 spiro atoms. The SMILES string of the molecule is NCCC(N)Cc1ccc(-c2cccc(C(F)(F)F)c2)o1. The molecule has 1 aromatic heterocycles. The first-order valence-electron chi connectivity index (χ1n) is 6.62. The van der Waals surface area contributed by atoms with Crippen molar-refractivity contribution in [1.82, 2.24) is 0 Å². The summed E-state index contributed by atoms with van der Waals surface area (Å²) in [6.07, 6.45) is -3.19. The van der Waals surface area contributed by atoms with Crippen LogP contribution < -0.4 is 11.5 Å². The van der Waals surface area contributed by atoms with Crippen molar-refractivity contribution in [3.8, 4) is 11.3 Å². The summed E-state index contributed by atoms with van der Waals surface area (Å²) >= 11 is 0. The molecule has 0 aliphatic carbocycles. The van der Waals surface area contributed by atoms with Gasteiger partial charge in [0, 0.05) is 18.0 Å². The van der Waals surface area contributed by atoms with E-state index in [4.69, 9.17) is 15.9 Å². The molecule has 1 atom stereocenters. The number of nitrogens with two attached hydrogens (primary N) is 2. The summed E-state index contributed by atoms with van der Waals surface area (Å²) in [4.78, 5) is 0. The smallest absolute Gasteiger partial charge is 0.416 e. The van der Waals surface area contributed by atoms with Crippen LogP contribution in [0, 0.1) is 0 Å². The van der Waals surface area contributed by atoms with Crippen LogP contribution in [0.15, 0.2) is 40.8 Å². The molecule has 0 bridgehead atoms. The molecule has 114 valence electrons. The molecule has 0 saturated carbocycles. The van der Waals surface area contributed by atoms with E-state index in [9.17, 15) is 13.2 Å². The van der Waals surface area contributed by atoms with Gasteiger partial charge in [-0.05, 0) is 37.2 Å². The lowest BCUT2D eigenvalue weighted by Gasteiger charge is -2.08. The minimum Gasteiger partial charge on any atom is -0.461 e. The van der Waals surface area contributed by atoms with Gasteiger partial charge in [0.05, 0.1) is 5.56 Å². The monoisotopic (exact) mass is 298 g/mol. The van der Waals surface area contributed by atoms with Crippen LogP contribution in [0.1, 0.15) is 17.7 Å². The Kier molecular flexibility index (Phi) is 4.69. The summed E-state index contributed by atoms with van der Waals surface area (Å²) in [6.45, 7) is 0.488. The standard InChI is InChI=1S/C15H17F3N2O/c16-15(17,18)11-3-1-2-10(8-11)14-5-4-13(21-14)9-12(20)6-7-19/h1-5,8,12H,6-7,9,19-20H2. The van der Waals surface area contributed by atoms with Crippen LogP contribution in [0.3, 0.4) is 0 Å². The van der Waals surface area contributed by atoms with Crippen LogP contribution in [-0.4, -0.2) is 12.6 Å². The zero-order valence-corrected chi connectivity index (χ0v) is 11.4. The predicted molar refractivity (Wildman–Crippen MR) is 74.5 cm³/mol. The van der Waals surface area contributed by atoms with Crippen LogP contribution >= 0.6 is 0 Å². The summed E-state index contributed by atoms with van der Waals surface area (Å²) in [5, 5.41) is 0. The Morgan fingerprint density at radius 3 is 2.57 bits per heavy atom. The summed E-state index contributed by atoms with van der Waals surface area (Å²) in [5.41, 5.74) is 11.0. The zero-order chi connectivity index (χ0) is 15.5. The molecule has 1 aromatic carbocycles. The molecule has 1 heterocycles.